The lowest BCUT2D eigenvalue weighted by atomic mass is 10.2. The zero-order valence-corrected chi connectivity index (χ0v) is 14.9. The minimum Gasteiger partial charge on any atom is -0.289 e. The van der Waals surface area contributed by atoms with Gasteiger partial charge in [-0.1, -0.05) is 51.4 Å². The highest BCUT2D eigenvalue weighted by atomic mass is 79.9. The summed E-state index contributed by atoms with van der Waals surface area (Å²) in [4.78, 5) is 0. The number of fused-ring (bicyclic) bond motifs is 1. The fourth-order valence-corrected chi connectivity index (χ4v) is 3.54. The number of nitrogens with zero attached hydrogens (tertiary/aromatic N) is 3. The van der Waals surface area contributed by atoms with E-state index in [1.807, 2.05) is 46.5 Å². The maximum atomic E-state index is 5.96. The summed E-state index contributed by atoms with van der Waals surface area (Å²) in [5, 5.41) is 12.1. The Morgan fingerprint density at radius 2 is 1.87 bits per heavy atom. The molecule has 0 unspecified atom stereocenters. The van der Waals surface area contributed by atoms with Crippen LogP contribution in [-0.2, 0) is 0 Å². The molecule has 0 saturated heterocycles. The van der Waals surface area contributed by atoms with E-state index in [1.165, 1.54) is 11.8 Å². The van der Waals surface area contributed by atoms with Crippen LogP contribution in [0.4, 0.5) is 0 Å². The number of hydrogen-bond acceptors (Lipinski definition) is 4. The molecule has 0 atom stereocenters. The van der Waals surface area contributed by atoms with Gasteiger partial charge in [0, 0.05) is 26.0 Å². The minimum absolute atomic E-state index is 0.698. The van der Waals surface area contributed by atoms with Crippen molar-refractivity contribution >= 4 is 45.0 Å². The van der Waals surface area contributed by atoms with Crippen molar-refractivity contribution in [3.8, 4) is 11.4 Å². The van der Waals surface area contributed by atoms with Crippen LogP contribution in [0.25, 0.3) is 17.1 Å². The van der Waals surface area contributed by atoms with Gasteiger partial charge in [-0.25, -0.2) is 4.68 Å². The summed E-state index contributed by atoms with van der Waals surface area (Å²) in [5.74, 6) is 0.754. The summed E-state index contributed by atoms with van der Waals surface area (Å²) in [6.07, 6.45) is 0. The Hall–Kier alpha value is -1.76. The normalized spacial score (nSPS) is 13.2. The van der Waals surface area contributed by atoms with E-state index in [-0.39, 0.29) is 0 Å². The standard InChI is InChI=1S/C16H10BrClN4S/c17-12-3-1-2-11(8-12)14-9-23-16-20-19-15(22(16)21-14)10-4-6-13(18)7-5-10/h1-9,21H. The molecule has 0 saturated carbocycles. The van der Waals surface area contributed by atoms with E-state index >= 15 is 0 Å². The van der Waals surface area contributed by atoms with Crippen LogP contribution in [0.5, 0.6) is 0 Å². The molecule has 4 rings (SSSR count). The van der Waals surface area contributed by atoms with Crippen LogP contribution in [0.3, 0.4) is 0 Å². The molecular formula is C16H10BrClN4S. The first-order chi connectivity index (χ1) is 11.2. The van der Waals surface area contributed by atoms with Crippen LogP contribution in [0, 0.1) is 0 Å². The Balaban J connectivity index is 1.71. The molecular weight excluding hydrogens is 396 g/mol. The third-order valence-corrected chi connectivity index (χ3v) is 4.96. The first-order valence-electron chi connectivity index (χ1n) is 6.82. The van der Waals surface area contributed by atoms with E-state index in [1.54, 1.807) is 0 Å². The molecule has 1 aliphatic rings. The Morgan fingerprint density at radius 1 is 1.04 bits per heavy atom. The maximum absolute atomic E-state index is 5.96. The lowest BCUT2D eigenvalue weighted by Gasteiger charge is -2.19. The zero-order valence-electron chi connectivity index (χ0n) is 11.7. The first kappa shape index (κ1) is 14.8. The van der Waals surface area contributed by atoms with Crippen molar-refractivity contribution in [1.29, 1.82) is 0 Å². The third-order valence-electron chi connectivity index (χ3n) is 3.39. The van der Waals surface area contributed by atoms with Crippen LogP contribution in [-0.4, -0.2) is 14.9 Å². The van der Waals surface area contributed by atoms with Crippen LogP contribution in [0.1, 0.15) is 5.56 Å². The van der Waals surface area contributed by atoms with Gasteiger partial charge in [0.2, 0.25) is 5.16 Å². The SMILES string of the molecule is Clc1ccc(-c2nnc3n2NC(c2cccc(Br)c2)=CS3)cc1. The molecule has 1 N–H and O–H groups in total. The molecule has 0 radical (unpaired) electrons. The number of thioether (sulfide) groups is 1. The number of nitrogens with one attached hydrogen (secondary N) is 1. The Morgan fingerprint density at radius 3 is 2.65 bits per heavy atom. The maximum Gasteiger partial charge on any atom is 0.214 e. The largest absolute Gasteiger partial charge is 0.289 e. The van der Waals surface area contributed by atoms with Crippen molar-refractivity contribution < 1.29 is 0 Å². The first-order valence-corrected chi connectivity index (χ1v) is 8.87. The van der Waals surface area contributed by atoms with Crippen molar-refractivity contribution in [3.63, 3.8) is 0 Å². The predicted octanol–water partition coefficient (Wildman–Crippen LogP) is 5.01. The Labute approximate surface area is 150 Å². The van der Waals surface area contributed by atoms with Crippen molar-refractivity contribution in [2.45, 2.75) is 5.16 Å². The summed E-state index contributed by atoms with van der Waals surface area (Å²) < 4.78 is 2.93. The summed E-state index contributed by atoms with van der Waals surface area (Å²) in [6.45, 7) is 0. The summed E-state index contributed by atoms with van der Waals surface area (Å²) >= 11 is 11.0. The van der Waals surface area contributed by atoms with Gasteiger partial charge < -0.3 is 0 Å². The molecule has 0 fully saturated rings. The molecule has 0 amide bonds. The number of hydrogen-bond donors (Lipinski definition) is 1. The lowest BCUT2D eigenvalue weighted by molar-refractivity contribution is 0.826. The van der Waals surface area contributed by atoms with Gasteiger partial charge in [0.15, 0.2) is 5.82 Å². The van der Waals surface area contributed by atoms with Gasteiger partial charge in [-0.2, -0.15) is 0 Å². The van der Waals surface area contributed by atoms with Crippen LogP contribution < -0.4 is 5.43 Å². The smallest absolute Gasteiger partial charge is 0.214 e. The number of rotatable bonds is 2. The van der Waals surface area contributed by atoms with Crippen molar-refractivity contribution in [2.24, 2.45) is 0 Å². The average molecular weight is 406 g/mol. The minimum atomic E-state index is 0.698. The molecule has 3 aromatic rings. The Kier molecular flexibility index (Phi) is 3.88. The summed E-state index contributed by atoms with van der Waals surface area (Å²) in [7, 11) is 0. The second-order valence-electron chi connectivity index (χ2n) is 4.92. The van der Waals surface area contributed by atoms with Gasteiger partial charge in [-0.15, -0.1) is 10.2 Å². The van der Waals surface area contributed by atoms with Gasteiger partial charge in [-0.05, 0) is 36.4 Å². The van der Waals surface area contributed by atoms with Gasteiger partial charge in [0.1, 0.15) is 0 Å². The lowest BCUT2D eigenvalue weighted by Crippen LogP contribution is -2.18. The van der Waals surface area contributed by atoms with Crippen LogP contribution in [0.15, 0.2) is 63.6 Å². The predicted molar refractivity (Wildman–Crippen MR) is 97.8 cm³/mol. The van der Waals surface area contributed by atoms with E-state index < -0.39 is 0 Å². The highest BCUT2D eigenvalue weighted by molar-refractivity contribution is 9.10. The van der Waals surface area contributed by atoms with E-state index in [0.717, 1.165) is 32.3 Å². The molecule has 0 aliphatic carbocycles. The van der Waals surface area contributed by atoms with Crippen LogP contribution in [0.2, 0.25) is 5.02 Å². The third kappa shape index (κ3) is 2.89. The van der Waals surface area contributed by atoms with Gasteiger partial charge >= 0.3 is 0 Å². The van der Waals surface area contributed by atoms with Crippen molar-refractivity contribution in [2.75, 3.05) is 5.43 Å². The molecule has 2 heterocycles. The highest BCUT2D eigenvalue weighted by Crippen LogP contribution is 2.32. The monoisotopic (exact) mass is 404 g/mol. The fourth-order valence-electron chi connectivity index (χ4n) is 2.28. The molecule has 1 aliphatic heterocycles. The summed E-state index contributed by atoms with van der Waals surface area (Å²) in [5.41, 5.74) is 6.43. The van der Waals surface area contributed by atoms with Crippen LogP contribution >= 0.6 is 39.3 Å². The van der Waals surface area contributed by atoms with E-state index in [2.05, 4.69) is 43.7 Å². The second-order valence-corrected chi connectivity index (χ2v) is 7.11. The van der Waals surface area contributed by atoms with Crippen molar-refractivity contribution in [3.05, 3.63) is 69.0 Å². The molecule has 1 aromatic heterocycles. The Bertz CT molecular complexity index is 905. The molecule has 114 valence electrons. The highest BCUT2D eigenvalue weighted by Gasteiger charge is 2.19. The van der Waals surface area contributed by atoms with E-state index in [9.17, 15) is 0 Å². The van der Waals surface area contributed by atoms with Gasteiger partial charge in [-0.3, -0.25) is 5.43 Å². The number of benzene rings is 2. The quantitative estimate of drug-likeness (QED) is 0.651. The number of aromatic nitrogens is 3. The average Bonchev–Trinajstić information content (AvgIpc) is 2.99. The fraction of sp³-hybridized carbons (Fsp3) is 0. The molecule has 0 bridgehead atoms. The second kappa shape index (κ2) is 6.03. The van der Waals surface area contributed by atoms with Gasteiger partial charge in [0.05, 0.1) is 5.70 Å². The van der Waals surface area contributed by atoms with Crippen molar-refractivity contribution in [1.82, 2.24) is 14.9 Å². The van der Waals surface area contributed by atoms with E-state index in [0.29, 0.717) is 5.02 Å². The molecule has 7 heteroatoms. The number of halogens is 2. The topological polar surface area (TPSA) is 42.7 Å². The van der Waals surface area contributed by atoms with E-state index in [4.69, 9.17) is 11.6 Å². The molecule has 23 heavy (non-hydrogen) atoms. The zero-order chi connectivity index (χ0) is 15.8. The molecule has 2 aromatic carbocycles. The molecule has 0 spiro atoms. The van der Waals surface area contributed by atoms with Gasteiger partial charge in [0.25, 0.3) is 0 Å². The molecule has 4 nitrogen and oxygen atoms in total. The summed E-state index contributed by atoms with van der Waals surface area (Å²) in [6, 6.07) is 15.7.